The maximum atomic E-state index is 12.2. The molecule has 1 N–H and O–H groups in total. The topological polar surface area (TPSA) is 60.5 Å². The van der Waals surface area contributed by atoms with Crippen LogP contribution in [0.5, 0.6) is 11.5 Å². The van der Waals surface area contributed by atoms with Crippen LogP contribution in [0, 0.1) is 0 Å². The first-order valence-electron chi connectivity index (χ1n) is 8.58. The van der Waals surface area contributed by atoms with Gasteiger partial charge >= 0.3 is 0 Å². The Bertz CT molecular complexity index is 1050. The summed E-state index contributed by atoms with van der Waals surface area (Å²) in [6.45, 7) is 0. The van der Waals surface area contributed by atoms with Crippen LogP contribution in [-0.2, 0) is 11.2 Å². The number of carbonyl (C=O) groups excluding carboxylic acids is 1. The van der Waals surface area contributed by atoms with Crippen LogP contribution < -0.4 is 14.8 Å². The Kier molecular flexibility index (Phi) is 7.14. The SMILES string of the molecule is COc1ccc(/C=C/C(=O)Nc2ncc(Cc3ccc(Cl)c(Cl)c3)s2)cc1OC. The molecule has 0 unspecified atom stereocenters. The average molecular weight is 449 g/mol. The van der Waals surface area contributed by atoms with Crippen molar-refractivity contribution in [2.45, 2.75) is 6.42 Å². The second-order valence-electron chi connectivity index (χ2n) is 5.99. The number of ether oxygens (including phenoxy) is 2. The van der Waals surface area contributed by atoms with Gasteiger partial charge in [-0.05, 0) is 41.5 Å². The third kappa shape index (κ3) is 5.73. The van der Waals surface area contributed by atoms with E-state index in [2.05, 4.69) is 10.3 Å². The van der Waals surface area contributed by atoms with Gasteiger partial charge in [0.25, 0.3) is 0 Å². The summed E-state index contributed by atoms with van der Waals surface area (Å²) < 4.78 is 10.5. The maximum absolute atomic E-state index is 12.2. The molecule has 0 fully saturated rings. The number of aromatic nitrogens is 1. The maximum Gasteiger partial charge on any atom is 0.250 e. The summed E-state index contributed by atoms with van der Waals surface area (Å²) >= 11 is 13.4. The highest BCUT2D eigenvalue weighted by Crippen LogP contribution is 2.28. The monoisotopic (exact) mass is 448 g/mol. The fourth-order valence-electron chi connectivity index (χ4n) is 2.57. The summed E-state index contributed by atoms with van der Waals surface area (Å²) in [4.78, 5) is 17.5. The molecule has 1 amide bonds. The molecule has 0 atom stereocenters. The molecular formula is C21H18Cl2N2O3S. The Morgan fingerprint density at radius 2 is 1.90 bits per heavy atom. The number of anilines is 1. The lowest BCUT2D eigenvalue weighted by molar-refractivity contribution is -0.111. The van der Waals surface area contributed by atoms with Gasteiger partial charge in [0.15, 0.2) is 16.6 Å². The zero-order chi connectivity index (χ0) is 20.8. The number of thiazole rings is 1. The van der Waals surface area contributed by atoms with E-state index < -0.39 is 0 Å². The minimum Gasteiger partial charge on any atom is -0.493 e. The van der Waals surface area contributed by atoms with Gasteiger partial charge in [-0.2, -0.15) is 0 Å². The van der Waals surface area contributed by atoms with Crippen LogP contribution in [0.3, 0.4) is 0 Å². The highest BCUT2D eigenvalue weighted by atomic mass is 35.5. The Balaban J connectivity index is 1.61. The second kappa shape index (κ2) is 9.78. The molecular weight excluding hydrogens is 431 g/mol. The van der Waals surface area contributed by atoms with E-state index in [4.69, 9.17) is 32.7 Å². The van der Waals surface area contributed by atoms with E-state index in [1.807, 2.05) is 18.2 Å². The van der Waals surface area contributed by atoms with Crippen molar-refractivity contribution in [2.75, 3.05) is 19.5 Å². The Labute approximate surface area is 182 Å². The van der Waals surface area contributed by atoms with Crippen molar-refractivity contribution in [2.24, 2.45) is 0 Å². The molecule has 0 radical (unpaired) electrons. The molecule has 0 aliphatic rings. The lowest BCUT2D eigenvalue weighted by Gasteiger charge is -2.07. The van der Waals surface area contributed by atoms with Crippen LogP contribution in [0.2, 0.25) is 10.0 Å². The predicted molar refractivity (Wildman–Crippen MR) is 119 cm³/mol. The van der Waals surface area contributed by atoms with E-state index in [-0.39, 0.29) is 5.91 Å². The van der Waals surface area contributed by atoms with Crippen LogP contribution in [0.15, 0.2) is 48.7 Å². The van der Waals surface area contributed by atoms with Gasteiger partial charge in [-0.25, -0.2) is 4.98 Å². The van der Waals surface area contributed by atoms with Gasteiger partial charge in [-0.15, -0.1) is 11.3 Å². The van der Waals surface area contributed by atoms with Crippen LogP contribution >= 0.6 is 34.5 Å². The number of methoxy groups -OCH3 is 2. The van der Waals surface area contributed by atoms with Gasteiger partial charge in [0.05, 0.1) is 24.3 Å². The third-order valence-corrected chi connectivity index (χ3v) is 5.63. The van der Waals surface area contributed by atoms with Crippen LogP contribution in [0.4, 0.5) is 5.13 Å². The molecule has 5 nitrogen and oxygen atoms in total. The smallest absolute Gasteiger partial charge is 0.250 e. The zero-order valence-electron chi connectivity index (χ0n) is 15.7. The first-order chi connectivity index (χ1) is 14.0. The van der Waals surface area contributed by atoms with Crippen molar-refractivity contribution >= 4 is 51.7 Å². The summed E-state index contributed by atoms with van der Waals surface area (Å²) in [6.07, 6.45) is 5.54. The quantitative estimate of drug-likeness (QED) is 0.470. The highest BCUT2D eigenvalue weighted by Gasteiger charge is 2.08. The van der Waals surface area contributed by atoms with Gasteiger partial charge in [0, 0.05) is 23.6 Å². The van der Waals surface area contributed by atoms with E-state index in [1.165, 1.54) is 17.4 Å². The number of halogens is 2. The van der Waals surface area contributed by atoms with Crippen molar-refractivity contribution < 1.29 is 14.3 Å². The largest absolute Gasteiger partial charge is 0.493 e. The molecule has 0 saturated heterocycles. The molecule has 150 valence electrons. The fourth-order valence-corrected chi connectivity index (χ4v) is 3.74. The van der Waals surface area contributed by atoms with E-state index >= 15 is 0 Å². The molecule has 0 aliphatic heterocycles. The summed E-state index contributed by atoms with van der Waals surface area (Å²) in [6, 6.07) is 10.9. The van der Waals surface area contributed by atoms with Gasteiger partial charge in [-0.3, -0.25) is 10.1 Å². The van der Waals surface area contributed by atoms with Gasteiger partial charge in [0.2, 0.25) is 5.91 Å². The van der Waals surface area contributed by atoms with Crippen LogP contribution in [0.1, 0.15) is 16.0 Å². The number of nitrogens with zero attached hydrogens (tertiary/aromatic N) is 1. The van der Waals surface area contributed by atoms with Gasteiger partial charge < -0.3 is 9.47 Å². The van der Waals surface area contributed by atoms with Gasteiger partial charge in [-0.1, -0.05) is 35.3 Å². The van der Waals surface area contributed by atoms with Crippen LogP contribution in [0.25, 0.3) is 6.08 Å². The number of amides is 1. The van der Waals surface area contributed by atoms with Crippen molar-refractivity contribution in [1.82, 2.24) is 4.98 Å². The lowest BCUT2D eigenvalue weighted by atomic mass is 10.1. The normalized spacial score (nSPS) is 10.9. The molecule has 2 aromatic carbocycles. The lowest BCUT2D eigenvalue weighted by Crippen LogP contribution is -2.07. The molecule has 0 spiro atoms. The minimum atomic E-state index is -0.268. The number of benzene rings is 2. The molecule has 1 heterocycles. The zero-order valence-corrected chi connectivity index (χ0v) is 18.1. The van der Waals surface area contributed by atoms with E-state index in [1.54, 1.807) is 44.7 Å². The highest BCUT2D eigenvalue weighted by molar-refractivity contribution is 7.15. The van der Waals surface area contributed by atoms with E-state index in [9.17, 15) is 4.79 Å². The standard InChI is InChI=1S/C21H18Cl2N2O3S/c1-27-18-7-4-13(11-19(18)28-2)5-8-20(26)25-21-24-12-15(29-21)9-14-3-6-16(22)17(23)10-14/h3-8,10-12H,9H2,1-2H3,(H,24,25,26)/b8-5+. The van der Waals surface area contributed by atoms with Crippen LogP contribution in [-0.4, -0.2) is 25.1 Å². The van der Waals surface area contributed by atoms with E-state index in [0.29, 0.717) is 33.1 Å². The Morgan fingerprint density at radius 1 is 1.10 bits per heavy atom. The minimum absolute atomic E-state index is 0.268. The molecule has 0 bridgehead atoms. The number of nitrogens with one attached hydrogen (secondary N) is 1. The molecule has 3 rings (SSSR count). The molecule has 8 heteroatoms. The molecule has 1 aromatic heterocycles. The number of carbonyl (C=O) groups is 1. The average Bonchev–Trinajstić information content (AvgIpc) is 3.15. The number of rotatable bonds is 7. The first kappa shape index (κ1) is 21.2. The van der Waals surface area contributed by atoms with E-state index in [0.717, 1.165) is 16.0 Å². The van der Waals surface area contributed by atoms with Crippen molar-refractivity contribution in [1.29, 1.82) is 0 Å². The molecule has 0 aliphatic carbocycles. The third-order valence-electron chi connectivity index (χ3n) is 3.98. The first-order valence-corrected chi connectivity index (χ1v) is 10.2. The van der Waals surface area contributed by atoms with Crippen molar-refractivity contribution in [3.8, 4) is 11.5 Å². The van der Waals surface area contributed by atoms with Crippen molar-refractivity contribution in [3.05, 3.63) is 74.7 Å². The molecule has 0 saturated carbocycles. The molecule has 3 aromatic rings. The number of hydrogen-bond acceptors (Lipinski definition) is 5. The van der Waals surface area contributed by atoms with Crippen molar-refractivity contribution in [3.63, 3.8) is 0 Å². The molecule has 29 heavy (non-hydrogen) atoms. The fraction of sp³-hybridized carbons (Fsp3) is 0.143. The number of hydrogen-bond donors (Lipinski definition) is 1. The Morgan fingerprint density at radius 3 is 2.62 bits per heavy atom. The second-order valence-corrected chi connectivity index (χ2v) is 7.92. The summed E-state index contributed by atoms with van der Waals surface area (Å²) in [5.41, 5.74) is 1.84. The summed E-state index contributed by atoms with van der Waals surface area (Å²) in [5.74, 6) is 0.962. The predicted octanol–water partition coefficient (Wildman–Crippen LogP) is 5.71. The summed E-state index contributed by atoms with van der Waals surface area (Å²) in [7, 11) is 3.14. The Hall–Kier alpha value is -2.54. The summed E-state index contributed by atoms with van der Waals surface area (Å²) in [5, 5.41) is 4.34. The van der Waals surface area contributed by atoms with Gasteiger partial charge in [0.1, 0.15) is 0 Å².